The largest absolute Gasteiger partial charge is 0.508 e. The molecule has 0 radical (unpaired) electrons. The number of para-hydroxylation sites is 3. The summed E-state index contributed by atoms with van der Waals surface area (Å²) in [5.41, 5.74) is 1.92. The van der Waals surface area contributed by atoms with Gasteiger partial charge in [-0.15, -0.1) is 0 Å². The third kappa shape index (κ3) is 4.95. The number of benzene rings is 3. The second-order valence-corrected chi connectivity index (χ2v) is 10.8. The molecule has 0 aliphatic carbocycles. The van der Waals surface area contributed by atoms with Gasteiger partial charge in [0.1, 0.15) is 11.5 Å². The summed E-state index contributed by atoms with van der Waals surface area (Å²) in [5.74, 6) is -0.0458. The fourth-order valence-corrected chi connectivity index (χ4v) is 6.21. The average molecular weight is 518 g/mol. The molecule has 9 heteroatoms. The van der Waals surface area contributed by atoms with Crippen LogP contribution >= 0.6 is 0 Å². The molecule has 2 heterocycles. The lowest BCUT2D eigenvalue weighted by Gasteiger charge is -2.36. The van der Waals surface area contributed by atoms with Crippen molar-refractivity contribution in [3.63, 3.8) is 0 Å². The van der Waals surface area contributed by atoms with E-state index in [9.17, 15) is 18.3 Å². The molecule has 190 valence electrons. The zero-order chi connectivity index (χ0) is 26.0. The molecule has 1 aliphatic rings. The van der Waals surface area contributed by atoms with Gasteiger partial charge in [-0.2, -0.15) is 0 Å². The van der Waals surface area contributed by atoms with Crippen LogP contribution in [0, 0.1) is 0 Å². The van der Waals surface area contributed by atoms with Crippen LogP contribution in [0.2, 0.25) is 0 Å². The predicted octanol–water partition coefficient (Wildman–Crippen LogP) is 3.89. The van der Waals surface area contributed by atoms with Gasteiger partial charge in [0.25, 0.3) is 5.91 Å². The Hall–Kier alpha value is -4.11. The number of pyridine rings is 1. The number of methoxy groups -OCH3 is 1. The number of sulfone groups is 1. The smallest absolute Gasteiger partial charge is 0.254 e. The van der Waals surface area contributed by atoms with E-state index in [1.54, 1.807) is 48.5 Å². The Labute approximate surface area is 215 Å². The van der Waals surface area contributed by atoms with Crippen molar-refractivity contribution in [1.29, 1.82) is 0 Å². The molecule has 5 rings (SSSR count). The lowest BCUT2D eigenvalue weighted by molar-refractivity contribution is 0.0746. The number of anilines is 1. The first-order chi connectivity index (χ1) is 17.9. The molecule has 1 N–H and O–H groups in total. The summed E-state index contributed by atoms with van der Waals surface area (Å²) in [7, 11) is -2.15. The van der Waals surface area contributed by atoms with Gasteiger partial charge in [0.05, 0.1) is 29.0 Å². The van der Waals surface area contributed by atoms with Crippen LogP contribution in [0.15, 0.2) is 83.9 Å². The first-order valence-corrected chi connectivity index (χ1v) is 13.6. The molecular weight excluding hydrogens is 490 g/mol. The van der Waals surface area contributed by atoms with E-state index in [4.69, 9.17) is 4.74 Å². The van der Waals surface area contributed by atoms with Crippen LogP contribution in [0.1, 0.15) is 15.9 Å². The summed E-state index contributed by atoms with van der Waals surface area (Å²) in [6.07, 6.45) is 1.55. The number of nitrogens with zero attached hydrogens (tertiary/aromatic N) is 3. The van der Waals surface area contributed by atoms with Crippen LogP contribution in [-0.4, -0.2) is 62.6 Å². The number of piperazine rings is 1. The molecule has 4 aromatic rings. The fraction of sp³-hybridized carbons (Fsp3) is 0.214. The molecule has 1 aromatic heterocycles. The maximum absolute atomic E-state index is 13.2. The van der Waals surface area contributed by atoms with Crippen LogP contribution in [0.5, 0.6) is 11.5 Å². The van der Waals surface area contributed by atoms with Crippen molar-refractivity contribution in [2.24, 2.45) is 0 Å². The zero-order valence-corrected chi connectivity index (χ0v) is 21.2. The molecule has 1 fully saturated rings. The van der Waals surface area contributed by atoms with Crippen molar-refractivity contribution in [3.8, 4) is 11.5 Å². The van der Waals surface area contributed by atoms with Crippen molar-refractivity contribution in [1.82, 2.24) is 9.88 Å². The molecule has 0 atom stereocenters. The minimum atomic E-state index is -3.79. The van der Waals surface area contributed by atoms with Crippen LogP contribution in [0.3, 0.4) is 0 Å². The predicted molar refractivity (Wildman–Crippen MR) is 142 cm³/mol. The van der Waals surface area contributed by atoms with Crippen molar-refractivity contribution in [3.05, 3.63) is 90.1 Å². The molecule has 37 heavy (non-hydrogen) atoms. The van der Waals surface area contributed by atoms with Crippen LogP contribution in [0.25, 0.3) is 10.9 Å². The number of fused-ring (bicyclic) bond motifs is 1. The highest BCUT2D eigenvalue weighted by Gasteiger charge is 2.25. The van der Waals surface area contributed by atoms with Gasteiger partial charge in [-0.1, -0.05) is 36.4 Å². The van der Waals surface area contributed by atoms with Crippen molar-refractivity contribution in [2.75, 3.05) is 38.2 Å². The average Bonchev–Trinajstić information content (AvgIpc) is 2.93. The minimum absolute atomic E-state index is 0.109. The number of phenols is 1. The van der Waals surface area contributed by atoms with Gasteiger partial charge < -0.3 is 19.6 Å². The molecule has 1 amide bonds. The Kier molecular flexibility index (Phi) is 6.71. The summed E-state index contributed by atoms with van der Waals surface area (Å²) in [5, 5.41) is 11.4. The Morgan fingerprint density at radius 3 is 2.49 bits per heavy atom. The van der Waals surface area contributed by atoms with E-state index in [0.29, 0.717) is 37.3 Å². The summed E-state index contributed by atoms with van der Waals surface area (Å²) in [6, 6.07) is 20.7. The molecule has 3 aromatic carbocycles. The third-order valence-electron chi connectivity index (χ3n) is 6.60. The lowest BCUT2D eigenvalue weighted by atomic mass is 10.1. The molecule has 1 aliphatic heterocycles. The zero-order valence-electron chi connectivity index (χ0n) is 20.4. The van der Waals surface area contributed by atoms with Gasteiger partial charge >= 0.3 is 0 Å². The number of carbonyl (C=O) groups excluding carboxylic acids is 1. The highest BCUT2D eigenvalue weighted by molar-refractivity contribution is 7.90. The van der Waals surface area contributed by atoms with Crippen LogP contribution < -0.4 is 9.64 Å². The molecule has 1 saturated heterocycles. The van der Waals surface area contributed by atoms with Gasteiger partial charge in [-0.05, 0) is 36.4 Å². The standard InChI is InChI=1S/C28H27N3O5S/c1-36-25-9-3-2-8-23(25)30-14-16-31(17-15-30)28(33)21-11-12-22(24(32)18-21)19-37(34,35)26-10-4-6-20-7-5-13-29-27(20)26/h2-13,18,32H,14-17,19H2,1H3. The van der Waals surface area contributed by atoms with E-state index in [1.165, 1.54) is 18.2 Å². The van der Waals surface area contributed by atoms with E-state index >= 15 is 0 Å². The maximum atomic E-state index is 13.2. The Morgan fingerprint density at radius 2 is 1.73 bits per heavy atom. The van der Waals surface area contributed by atoms with Gasteiger partial charge in [-0.25, -0.2) is 8.42 Å². The normalized spacial score (nSPS) is 14.1. The number of carbonyl (C=O) groups is 1. The van der Waals surface area contributed by atoms with Gasteiger partial charge in [0, 0.05) is 48.9 Å². The topological polar surface area (TPSA) is 100 Å². The summed E-state index contributed by atoms with van der Waals surface area (Å²) < 4.78 is 31.8. The van der Waals surface area contributed by atoms with Gasteiger partial charge in [0.15, 0.2) is 9.84 Å². The Morgan fingerprint density at radius 1 is 0.973 bits per heavy atom. The first kappa shape index (κ1) is 24.6. The maximum Gasteiger partial charge on any atom is 0.254 e. The second-order valence-electron chi connectivity index (χ2n) is 8.88. The minimum Gasteiger partial charge on any atom is -0.508 e. The Balaban J connectivity index is 1.29. The van der Waals surface area contributed by atoms with E-state index < -0.39 is 15.6 Å². The number of rotatable bonds is 6. The lowest BCUT2D eigenvalue weighted by Crippen LogP contribution is -2.48. The van der Waals surface area contributed by atoms with E-state index in [0.717, 1.165) is 16.8 Å². The molecule has 0 bridgehead atoms. The molecular formula is C28H27N3O5S. The monoisotopic (exact) mass is 517 g/mol. The number of phenolic OH excluding ortho intramolecular Hbond substituents is 1. The Bertz CT molecular complexity index is 1560. The number of aromatic nitrogens is 1. The SMILES string of the molecule is COc1ccccc1N1CCN(C(=O)c2ccc(CS(=O)(=O)c3cccc4cccnc34)c(O)c2)CC1. The number of hydrogen-bond donors (Lipinski definition) is 1. The van der Waals surface area contributed by atoms with Crippen molar-refractivity contribution >= 4 is 32.3 Å². The van der Waals surface area contributed by atoms with Gasteiger partial charge in [0.2, 0.25) is 0 Å². The second kappa shape index (κ2) is 10.1. The highest BCUT2D eigenvalue weighted by atomic mass is 32.2. The number of hydrogen-bond acceptors (Lipinski definition) is 7. The van der Waals surface area contributed by atoms with Crippen LogP contribution in [0.4, 0.5) is 5.69 Å². The summed E-state index contributed by atoms with van der Waals surface area (Å²) >= 11 is 0. The molecule has 0 saturated carbocycles. The third-order valence-corrected chi connectivity index (χ3v) is 8.29. The fourth-order valence-electron chi connectivity index (χ4n) is 4.65. The van der Waals surface area contributed by atoms with E-state index in [-0.39, 0.29) is 22.1 Å². The summed E-state index contributed by atoms with van der Waals surface area (Å²) in [4.78, 5) is 21.4. The van der Waals surface area contributed by atoms with E-state index in [1.807, 2.05) is 24.3 Å². The van der Waals surface area contributed by atoms with Gasteiger partial charge in [-0.3, -0.25) is 9.78 Å². The van der Waals surface area contributed by atoms with Crippen molar-refractivity contribution in [2.45, 2.75) is 10.6 Å². The number of amides is 1. The first-order valence-electron chi connectivity index (χ1n) is 11.9. The molecule has 8 nitrogen and oxygen atoms in total. The number of ether oxygens (including phenoxy) is 1. The molecule has 0 unspecified atom stereocenters. The van der Waals surface area contributed by atoms with E-state index in [2.05, 4.69) is 9.88 Å². The quantitative estimate of drug-likeness (QED) is 0.414. The van der Waals surface area contributed by atoms with Crippen molar-refractivity contribution < 1.29 is 23.1 Å². The highest BCUT2D eigenvalue weighted by Crippen LogP contribution is 2.30. The van der Waals surface area contributed by atoms with Crippen LogP contribution in [-0.2, 0) is 15.6 Å². The number of aromatic hydroxyl groups is 1. The molecule has 0 spiro atoms. The summed E-state index contributed by atoms with van der Waals surface area (Å²) in [6.45, 7) is 2.32.